The van der Waals surface area contributed by atoms with Crippen molar-refractivity contribution in [2.24, 2.45) is 0 Å². The number of nitrogens with zero attached hydrogens (tertiary/aromatic N) is 2. The van der Waals surface area contributed by atoms with Gasteiger partial charge in [0.05, 0.1) is 5.02 Å². The Labute approximate surface area is 105 Å². The van der Waals surface area contributed by atoms with Crippen LogP contribution in [0.1, 0.15) is 31.5 Å². The molecule has 1 aromatic heterocycles. The quantitative estimate of drug-likeness (QED) is 0.837. The molecular weight excluding hydrogens is 240 g/mol. The van der Waals surface area contributed by atoms with Gasteiger partial charge in [-0.25, -0.2) is 0 Å². The summed E-state index contributed by atoms with van der Waals surface area (Å²) >= 11 is 5.96. The lowest BCUT2D eigenvalue weighted by Crippen LogP contribution is -1.98. The van der Waals surface area contributed by atoms with Crippen molar-refractivity contribution in [2.75, 3.05) is 0 Å². The van der Waals surface area contributed by atoms with E-state index in [-0.39, 0.29) is 12.5 Å². The molecule has 0 atom stereocenters. The van der Waals surface area contributed by atoms with E-state index in [1.54, 1.807) is 12.1 Å². The van der Waals surface area contributed by atoms with Crippen LogP contribution in [0.25, 0.3) is 0 Å². The van der Waals surface area contributed by atoms with E-state index in [9.17, 15) is 0 Å². The number of para-hydroxylation sites is 1. The number of rotatable bonds is 4. The third-order valence-electron chi connectivity index (χ3n) is 2.17. The molecule has 90 valence electrons. The fourth-order valence-electron chi connectivity index (χ4n) is 1.26. The van der Waals surface area contributed by atoms with Crippen LogP contribution in [-0.4, -0.2) is 10.1 Å². The molecule has 0 radical (unpaired) electrons. The van der Waals surface area contributed by atoms with Crippen LogP contribution in [0.15, 0.2) is 28.8 Å². The molecule has 0 unspecified atom stereocenters. The van der Waals surface area contributed by atoms with Crippen molar-refractivity contribution >= 4 is 11.6 Å². The monoisotopic (exact) mass is 252 g/mol. The molecule has 0 saturated carbocycles. The Morgan fingerprint density at radius 3 is 2.76 bits per heavy atom. The molecule has 0 aliphatic carbocycles. The molecule has 1 heterocycles. The maximum absolute atomic E-state index is 5.96. The van der Waals surface area contributed by atoms with Crippen molar-refractivity contribution in [2.45, 2.75) is 26.4 Å². The summed E-state index contributed by atoms with van der Waals surface area (Å²) in [7, 11) is 0. The minimum Gasteiger partial charge on any atom is -0.484 e. The molecule has 4 nitrogen and oxygen atoms in total. The van der Waals surface area contributed by atoms with E-state index < -0.39 is 0 Å². The van der Waals surface area contributed by atoms with Gasteiger partial charge in [0.2, 0.25) is 11.7 Å². The molecule has 0 fully saturated rings. The van der Waals surface area contributed by atoms with Gasteiger partial charge in [-0.3, -0.25) is 0 Å². The van der Waals surface area contributed by atoms with Crippen LogP contribution in [0.2, 0.25) is 5.02 Å². The lowest BCUT2D eigenvalue weighted by atomic mass is 10.2. The normalized spacial score (nSPS) is 10.8. The highest BCUT2D eigenvalue weighted by molar-refractivity contribution is 6.32. The van der Waals surface area contributed by atoms with Gasteiger partial charge in [0.25, 0.3) is 0 Å². The lowest BCUT2D eigenvalue weighted by Gasteiger charge is -2.04. The SMILES string of the molecule is CC(C)c1nc(COc2ccccc2Cl)no1. The van der Waals surface area contributed by atoms with Gasteiger partial charge in [0.15, 0.2) is 6.61 Å². The van der Waals surface area contributed by atoms with Crippen LogP contribution in [0.3, 0.4) is 0 Å². The summed E-state index contributed by atoms with van der Waals surface area (Å²) in [5.41, 5.74) is 0. The maximum Gasteiger partial charge on any atom is 0.229 e. The molecule has 0 N–H and O–H groups in total. The van der Waals surface area contributed by atoms with Gasteiger partial charge in [-0.2, -0.15) is 4.98 Å². The van der Waals surface area contributed by atoms with Gasteiger partial charge in [-0.05, 0) is 12.1 Å². The topological polar surface area (TPSA) is 48.2 Å². The van der Waals surface area contributed by atoms with Crippen molar-refractivity contribution in [3.05, 3.63) is 41.0 Å². The Morgan fingerprint density at radius 1 is 1.35 bits per heavy atom. The minimum absolute atomic E-state index is 0.219. The Bertz CT molecular complexity index is 497. The first-order valence-electron chi connectivity index (χ1n) is 5.36. The Morgan fingerprint density at radius 2 is 2.12 bits per heavy atom. The van der Waals surface area contributed by atoms with Gasteiger partial charge >= 0.3 is 0 Å². The van der Waals surface area contributed by atoms with E-state index in [4.69, 9.17) is 20.9 Å². The Hall–Kier alpha value is -1.55. The number of benzene rings is 1. The first kappa shape index (κ1) is 11.9. The zero-order valence-corrected chi connectivity index (χ0v) is 10.4. The lowest BCUT2D eigenvalue weighted by molar-refractivity contribution is 0.284. The van der Waals surface area contributed by atoms with Crippen LogP contribution < -0.4 is 4.74 Å². The Balaban J connectivity index is 2.00. The molecule has 2 aromatic rings. The highest BCUT2D eigenvalue weighted by Crippen LogP contribution is 2.23. The zero-order chi connectivity index (χ0) is 12.3. The molecule has 0 aliphatic heterocycles. The zero-order valence-electron chi connectivity index (χ0n) is 9.68. The van der Waals surface area contributed by atoms with Crippen molar-refractivity contribution in [3.8, 4) is 5.75 Å². The standard InChI is InChI=1S/C12H13ClN2O2/c1-8(2)12-14-11(15-17-12)7-16-10-6-4-3-5-9(10)13/h3-6,8H,7H2,1-2H3. The summed E-state index contributed by atoms with van der Waals surface area (Å²) in [4.78, 5) is 4.21. The minimum atomic E-state index is 0.219. The van der Waals surface area contributed by atoms with Crippen LogP contribution in [-0.2, 0) is 6.61 Å². The molecule has 0 spiro atoms. The average molecular weight is 253 g/mol. The molecule has 2 rings (SSSR count). The van der Waals surface area contributed by atoms with Crippen LogP contribution in [0, 0.1) is 0 Å². The molecule has 17 heavy (non-hydrogen) atoms. The highest BCUT2D eigenvalue weighted by Gasteiger charge is 2.10. The maximum atomic E-state index is 5.96. The Kier molecular flexibility index (Phi) is 3.64. The first-order valence-corrected chi connectivity index (χ1v) is 5.74. The van der Waals surface area contributed by atoms with Gasteiger partial charge in [-0.1, -0.05) is 42.7 Å². The van der Waals surface area contributed by atoms with Gasteiger partial charge < -0.3 is 9.26 Å². The fourth-order valence-corrected chi connectivity index (χ4v) is 1.45. The van der Waals surface area contributed by atoms with Gasteiger partial charge in [0.1, 0.15) is 5.75 Å². The number of ether oxygens (including phenoxy) is 1. The van der Waals surface area contributed by atoms with Crippen LogP contribution >= 0.6 is 11.6 Å². The van der Waals surface area contributed by atoms with E-state index in [0.29, 0.717) is 22.5 Å². The number of halogens is 1. The molecule has 1 aromatic carbocycles. The number of aromatic nitrogens is 2. The predicted molar refractivity (Wildman–Crippen MR) is 64.2 cm³/mol. The number of hydrogen-bond donors (Lipinski definition) is 0. The molecular formula is C12H13ClN2O2. The summed E-state index contributed by atoms with van der Waals surface area (Å²) in [5.74, 6) is 1.97. The largest absolute Gasteiger partial charge is 0.484 e. The summed E-state index contributed by atoms with van der Waals surface area (Å²) in [5, 5.41) is 4.40. The molecule has 0 bridgehead atoms. The van der Waals surface area contributed by atoms with E-state index in [1.165, 1.54) is 0 Å². The van der Waals surface area contributed by atoms with Gasteiger partial charge in [-0.15, -0.1) is 0 Å². The van der Waals surface area contributed by atoms with Crippen molar-refractivity contribution in [3.63, 3.8) is 0 Å². The van der Waals surface area contributed by atoms with E-state index in [2.05, 4.69) is 10.1 Å². The second-order valence-electron chi connectivity index (χ2n) is 3.92. The van der Waals surface area contributed by atoms with Crippen molar-refractivity contribution in [1.29, 1.82) is 0 Å². The van der Waals surface area contributed by atoms with Crippen molar-refractivity contribution < 1.29 is 9.26 Å². The highest BCUT2D eigenvalue weighted by atomic mass is 35.5. The van der Waals surface area contributed by atoms with E-state index in [0.717, 1.165) is 0 Å². The van der Waals surface area contributed by atoms with Crippen LogP contribution in [0.5, 0.6) is 5.75 Å². The molecule has 0 aliphatic rings. The summed E-state index contributed by atoms with van der Waals surface area (Å²) in [6, 6.07) is 7.27. The first-order chi connectivity index (χ1) is 8.16. The second kappa shape index (κ2) is 5.19. The number of hydrogen-bond acceptors (Lipinski definition) is 4. The van der Waals surface area contributed by atoms with Gasteiger partial charge in [0, 0.05) is 5.92 Å². The summed E-state index contributed by atoms with van der Waals surface area (Å²) in [6.45, 7) is 4.23. The van der Waals surface area contributed by atoms with E-state index >= 15 is 0 Å². The third kappa shape index (κ3) is 2.97. The predicted octanol–water partition coefficient (Wildman–Crippen LogP) is 3.43. The molecule has 0 saturated heterocycles. The summed E-state index contributed by atoms with van der Waals surface area (Å²) in [6.07, 6.45) is 0. The average Bonchev–Trinajstić information content (AvgIpc) is 2.77. The second-order valence-corrected chi connectivity index (χ2v) is 4.33. The summed E-state index contributed by atoms with van der Waals surface area (Å²) < 4.78 is 10.6. The van der Waals surface area contributed by atoms with E-state index in [1.807, 2.05) is 26.0 Å². The van der Waals surface area contributed by atoms with Crippen molar-refractivity contribution in [1.82, 2.24) is 10.1 Å². The smallest absolute Gasteiger partial charge is 0.229 e. The molecule has 0 amide bonds. The molecule has 5 heteroatoms. The third-order valence-corrected chi connectivity index (χ3v) is 2.48. The fraction of sp³-hybridized carbons (Fsp3) is 0.333. The van der Waals surface area contributed by atoms with Crippen LogP contribution in [0.4, 0.5) is 0 Å².